The molecular formula is C9H12N4O. The van der Waals surface area contributed by atoms with Crippen LogP contribution in [0.2, 0.25) is 0 Å². The van der Waals surface area contributed by atoms with Gasteiger partial charge in [0.05, 0.1) is 18.2 Å². The van der Waals surface area contributed by atoms with Crippen LogP contribution in [0.15, 0.2) is 12.3 Å². The van der Waals surface area contributed by atoms with Gasteiger partial charge in [-0.05, 0) is 12.5 Å². The SMILES string of the molecule is N#CCc1ccnc(NCCCO)n1. The van der Waals surface area contributed by atoms with E-state index in [0.717, 1.165) is 0 Å². The van der Waals surface area contributed by atoms with Crippen LogP contribution in [0.1, 0.15) is 12.1 Å². The van der Waals surface area contributed by atoms with Crippen LogP contribution in [0, 0.1) is 11.3 Å². The second kappa shape index (κ2) is 5.89. The molecule has 0 saturated carbocycles. The molecule has 5 nitrogen and oxygen atoms in total. The number of nitrogens with one attached hydrogen (secondary N) is 1. The van der Waals surface area contributed by atoms with Crippen molar-refractivity contribution in [2.24, 2.45) is 0 Å². The van der Waals surface area contributed by atoms with Gasteiger partial charge >= 0.3 is 0 Å². The Morgan fingerprint density at radius 1 is 1.57 bits per heavy atom. The van der Waals surface area contributed by atoms with E-state index >= 15 is 0 Å². The quantitative estimate of drug-likeness (QED) is 0.657. The van der Waals surface area contributed by atoms with Crippen LogP contribution in [-0.4, -0.2) is 28.2 Å². The lowest BCUT2D eigenvalue weighted by molar-refractivity contribution is 0.292. The fraction of sp³-hybridized carbons (Fsp3) is 0.444. The Hall–Kier alpha value is -1.67. The van der Waals surface area contributed by atoms with E-state index in [1.807, 2.05) is 6.07 Å². The topological polar surface area (TPSA) is 81.8 Å². The van der Waals surface area contributed by atoms with Crippen LogP contribution in [0.5, 0.6) is 0 Å². The minimum Gasteiger partial charge on any atom is -0.396 e. The van der Waals surface area contributed by atoms with E-state index in [0.29, 0.717) is 24.6 Å². The van der Waals surface area contributed by atoms with Crippen molar-refractivity contribution < 1.29 is 5.11 Å². The molecule has 1 aromatic heterocycles. The number of aliphatic hydroxyl groups is 1. The number of nitrogens with zero attached hydrogens (tertiary/aromatic N) is 3. The molecule has 14 heavy (non-hydrogen) atoms. The van der Waals surface area contributed by atoms with Crippen LogP contribution >= 0.6 is 0 Å². The van der Waals surface area contributed by atoms with Gasteiger partial charge in [0.2, 0.25) is 5.95 Å². The van der Waals surface area contributed by atoms with Crippen LogP contribution in [0.25, 0.3) is 0 Å². The smallest absolute Gasteiger partial charge is 0.222 e. The van der Waals surface area contributed by atoms with Crippen molar-refractivity contribution in [1.82, 2.24) is 9.97 Å². The molecule has 0 saturated heterocycles. The first-order valence-electron chi connectivity index (χ1n) is 4.40. The molecule has 0 aliphatic rings. The molecule has 0 aliphatic heterocycles. The molecule has 1 heterocycles. The third-order valence-corrected chi connectivity index (χ3v) is 1.59. The normalized spacial score (nSPS) is 9.43. The van der Waals surface area contributed by atoms with E-state index < -0.39 is 0 Å². The monoisotopic (exact) mass is 192 g/mol. The highest BCUT2D eigenvalue weighted by molar-refractivity contribution is 5.25. The molecule has 0 aromatic carbocycles. The fourth-order valence-electron chi connectivity index (χ4n) is 0.940. The molecule has 0 bridgehead atoms. The first-order chi connectivity index (χ1) is 6.86. The van der Waals surface area contributed by atoms with Crippen LogP contribution in [0.4, 0.5) is 5.95 Å². The highest BCUT2D eigenvalue weighted by atomic mass is 16.3. The van der Waals surface area contributed by atoms with Gasteiger partial charge in [0.15, 0.2) is 0 Å². The van der Waals surface area contributed by atoms with Gasteiger partial charge in [-0.1, -0.05) is 0 Å². The van der Waals surface area contributed by atoms with Gasteiger partial charge in [0.1, 0.15) is 0 Å². The first-order valence-corrected chi connectivity index (χ1v) is 4.40. The lowest BCUT2D eigenvalue weighted by atomic mass is 10.3. The summed E-state index contributed by atoms with van der Waals surface area (Å²) in [6.45, 7) is 0.775. The third kappa shape index (κ3) is 3.37. The predicted octanol–water partition coefficient (Wildman–Crippen LogP) is 0.337. The van der Waals surface area contributed by atoms with Gasteiger partial charge in [0.25, 0.3) is 0 Å². The molecule has 0 atom stereocenters. The molecule has 0 amide bonds. The summed E-state index contributed by atoms with van der Waals surface area (Å²) < 4.78 is 0. The summed E-state index contributed by atoms with van der Waals surface area (Å²) in [6, 6.07) is 3.73. The van der Waals surface area contributed by atoms with Gasteiger partial charge in [-0.25, -0.2) is 9.97 Å². The van der Waals surface area contributed by atoms with Gasteiger partial charge in [0, 0.05) is 19.3 Å². The number of aliphatic hydroxyl groups excluding tert-OH is 1. The maximum atomic E-state index is 8.56. The highest BCUT2D eigenvalue weighted by Crippen LogP contribution is 2.00. The Morgan fingerprint density at radius 3 is 3.14 bits per heavy atom. The van der Waals surface area contributed by atoms with Crippen molar-refractivity contribution in [2.45, 2.75) is 12.8 Å². The number of anilines is 1. The number of aromatic nitrogens is 2. The number of hydrogen-bond acceptors (Lipinski definition) is 5. The van der Waals surface area contributed by atoms with Crippen LogP contribution in [-0.2, 0) is 6.42 Å². The van der Waals surface area contributed by atoms with E-state index in [4.69, 9.17) is 10.4 Å². The summed E-state index contributed by atoms with van der Waals surface area (Å²) in [5, 5.41) is 20.0. The number of hydrogen-bond donors (Lipinski definition) is 2. The Labute approximate surface area is 82.4 Å². The van der Waals surface area contributed by atoms with Crippen molar-refractivity contribution >= 4 is 5.95 Å². The molecule has 1 rings (SSSR count). The molecule has 0 aliphatic carbocycles. The summed E-state index contributed by atoms with van der Waals surface area (Å²) >= 11 is 0. The average molecular weight is 192 g/mol. The summed E-state index contributed by atoms with van der Waals surface area (Å²) in [5.74, 6) is 0.506. The summed E-state index contributed by atoms with van der Waals surface area (Å²) in [5.41, 5.74) is 0.703. The third-order valence-electron chi connectivity index (χ3n) is 1.59. The van der Waals surface area contributed by atoms with Crippen LogP contribution < -0.4 is 5.32 Å². The molecule has 0 spiro atoms. The standard InChI is InChI=1S/C9H12N4O/c10-4-2-8-3-6-12-9(13-8)11-5-1-7-14/h3,6,14H,1-2,5,7H2,(H,11,12,13). The number of nitriles is 1. The van der Waals surface area contributed by atoms with Gasteiger partial charge in [-0.3, -0.25) is 0 Å². The Morgan fingerprint density at radius 2 is 2.43 bits per heavy atom. The first kappa shape index (κ1) is 10.4. The van der Waals surface area contributed by atoms with E-state index in [1.54, 1.807) is 12.3 Å². The van der Waals surface area contributed by atoms with Crippen molar-refractivity contribution in [2.75, 3.05) is 18.5 Å². The Kier molecular flexibility index (Phi) is 4.38. The fourth-order valence-corrected chi connectivity index (χ4v) is 0.940. The van der Waals surface area contributed by atoms with Crippen molar-refractivity contribution in [3.63, 3.8) is 0 Å². The molecule has 74 valence electrons. The predicted molar refractivity (Wildman–Crippen MR) is 51.5 cm³/mol. The van der Waals surface area contributed by atoms with Crippen molar-refractivity contribution in [3.05, 3.63) is 18.0 Å². The summed E-state index contributed by atoms with van der Waals surface area (Å²) in [4.78, 5) is 8.09. The lowest BCUT2D eigenvalue weighted by Crippen LogP contribution is -2.07. The molecule has 0 unspecified atom stereocenters. The zero-order valence-corrected chi connectivity index (χ0v) is 7.77. The largest absolute Gasteiger partial charge is 0.396 e. The van der Waals surface area contributed by atoms with Crippen LogP contribution in [0.3, 0.4) is 0 Å². The van der Waals surface area contributed by atoms with E-state index in [-0.39, 0.29) is 13.0 Å². The minimum absolute atomic E-state index is 0.144. The lowest BCUT2D eigenvalue weighted by Gasteiger charge is -2.03. The van der Waals surface area contributed by atoms with E-state index in [2.05, 4.69) is 15.3 Å². The highest BCUT2D eigenvalue weighted by Gasteiger charge is 1.97. The van der Waals surface area contributed by atoms with Gasteiger partial charge < -0.3 is 10.4 Å². The minimum atomic E-state index is 0.144. The molecule has 0 fully saturated rings. The van der Waals surface area contributed by atoms with Gasteiger partial charge in [-0.15, -0.1) is 0 Å². The summed E-state index contributed by atoms with van der Waals surface area (Å²) in [7, 11) is 0. The maximum absolute atomic E-state index is 8.56. The van der Waals surface area contributed by atoms with Crippen molar-refractivity contribution in [1.29, 1.82) is 5.26 Å². The zero-order chi connectivity index (χ0) is 10.2. The van der Waals surface area contributed by atoms with E-state index in [9.17, 15) is 0 Å². The molecule has 1 aromatic rings. The second-order valence-electron chi connectivity index (χ2n) is 2.71. The van der Waals surface area contributed by atoms with Crippen molar-refractivity contribution in [3.8, 4) is 6.07 Å². The molecular weight excluding hydrogens is 180 g/mol. The molecule has 2 N–H and O–H groups in total. The summed E-state index contributed by atoms with van der Waals surface area (Å²) in [6.07, 6.45) is 2.56. The number of rotatable bonds is 5. The second-order valence-corrected chi connectivity index (χ2v) is 2.71. The Balaban J connectivity index is 2.51. The molecule has 5 heteroatoms. The van der Waals surface area contributed by atoms with E-state index in [1.165, 1.54) is 0 Å². The van der Waals surface area contributed by atoms with Gasteiger partial charge in [-0.2, -0.15) is 5.26 Å². The maximum Gasteiger partial charge on any atom is 0.222 e. The average Bonchev–Trinajstić information content (AvgIpc) is 2.19. The zero-order valence-electron chi connectivity index (χ0n) is 7.77. The Bertz CT molecular complexity index is 321. The molecule has 0 radical (unpaired) electrons.